The Morgan fingerprint density at radius 2 is 2.33 bits per heavy atom. The van der Waals surface area contributed by atoms with Gasteiger partial charge in [0.2, 0.25) is 5.95 Å². The lowest BCUT2D eigenvalue weighted by molar-refractivity contribution is 0.145. The van der Waals surface area contributed by atoms with E-state index in [0.717, 1.165) is 12.2 Å². The van der Waals surface area contributed by atoms with E-state index in [0.29, 0.717) is 5.41 Å². The lowest BCUT2D eigenvalue weighted by atomic mass is 9.67. The van der Waals surface area contributed by atoms with Crippen LogP contribution in [0.15, 0.2) is 18.3 Å². The minimum atomic E-state index is -0.417. The van der Waals surface area contributed by atoms with E-state index < -0.39 is 5.95 Å². The standard InChI is InChI=1S/C12H17FN2/c1-2-12(5-3-6-12)9-15-10-4-7-14-11(13)8-10/h4,7-8H,2-3,5-6,9H2,1H3,(H,14,15). The topological polar surface area (TPSA) is 24.9 Å². The number of halogens is 1. The van der Waals surface area contributed by atoms with Crippen molar-refractivity contribution in [3.63, 3.8) is 0 Å². The van der Waals surface area contributed by atoms with Crippen LogP contribution >= 0.6 is 0 Å². The second kappa shape index (κ2) is 4.17. The van der Waals surface area contributed by atoms with Gasteiger partial charge in [0, 0.05) is 24.5 Å². The normalized spacial score (nSPS) is 18.3. The number of anilines is 1. The maximum Gasteiger partial charge on any atom is 0.214 e. The molecule has 0 amide bonds. The van der Waals surface area contributed by atoms with Gasteiger partial charge in [0.15, 0.2) is 0 Å². The molecule has 0 aromatic carbocycles. The Labute approximate surface area is 89.9 Å². The molecule has 1 heterocycles. The Morgan fingerprint density at radius 1 is 1.53 bits per heavy atom. The quantitative estimate of drug-likeness (QED) is 0.768. The second-order valence-corrected chi connectivity index (χ2v) is 4.43. The van der Waals surface area contributed by atoms with Gasteiger partial charge >= 0.3 is 0 Å². The molecule has 0 unspecified atom stereocenters. The van der Waals surface area contributed by atoms with Gasteiger partial charge in [-0.2, -0.15) is 4.39 Å². The zero-order chi connectivity index (χ0) is 10.7. The van der Waals surface area contributed by atoms with E-state index >= 15 is 0 Å². The number of hydrogen-bond donors (Lipinski definition) is 1. The molecule has 2 nitrogen and oxygen atoms in total. The Hall–Kier alpha value is -1.12. The summed E-state index contributed by atoms with van der Waals surface area (Å²) in [5.74, 6) is -0.417. The molecule has 1 aromatic heterocycles. The van der Waals surface area contributed by atoms with Crippen molar-refractivity contribution in [2.24, 2.45) is 5.41 Å². The molecule has 1 aliphatic rings. The first-order valence-corrected chi connectivity index (χ1v) is 5.60. The van der Waals surface area contributed by atoms with E-state index in [4.69, 9.17) is 0 Å². The molecule has 82 valence electrons. The Kier molecular flexibility index (Phi) is 2.89. The molecule has 0 bridgehead atoms. The molecule has 0 saturated heterocycles. The molecular weight excluding hydrogens is 191 g/mol. The van der Waals surface area contributed by atoms with Crippen LogP contribution in [0.25, 0.3) is 0 Å². The van der Waals surface area contributed by atoms with Crippen molar-refractivity contribution in [1.29, 1.82) is 0 Å². The summed E-state index contributed by atoms with van der Waals surface area (Å²) >= 11 is 0. The summed E-state index contributed by atoms with van der Waals surface area (Å²) in [5.41, 5.74) is 1.29. The van der Waals surface area contributed by atoms with E-state index in [9.17, 15) is 4.39 Å². The number of hydrogen-bond acceptors (Lipinski definition) is 2. The largest absolute Gasteiger partial charge is 0.384 e. The van der Waals surface area contributed by atoms with Gasteiger partial charge < -0.3 is 5.32 Å². The Balaban J connectivity index is 1.92. The maximum atomic E-state index is 12.8. The van der Waals surface area contributed by atoms with Crippen LogP contribution in [0.3, 0.4) is 0 Å². The van der Waals surface area contributed by atoms with Crippen molar-refractivity contribution in [1.82, 2.24) is 4.98 Å². The van der Waals surface area contributed by atoms with Crippen LogP contribution in [0.1, 0.15) is 32.6 Å². The van der Waals surface area contributed by atoms with Crippen LogP contribution in [0.4, 0.5) is 10.1 Å². The van der Waals surface area contributed by atoms with Gasteiger partial charge in [0.25, 0.3) is 0 Å². The average Bonchev–Trinajstić information content (AvgIpc) is 2.17. The minimum Gasteiger partial charge on any atom is -0.384 e. The Bertz CT molecular complexity index is 329. The number of nitrogens with zero attached hydrogens (tertiary/aromatic N) is 1. The van der Waals surface area contributed by atoms with Crippen LogP contribution in [0.2, 0.25) is 0 Å². The summed E-state index contributed by atoms with van der Waals surface area (Å²) in [5, 5.41) is 3.30. The molecule has 1 aliphatic carbocycles. The summed E-state index contributed by atoms with van der Waals surface area (Å²) in [6.45, 7) is 3.18. The number of pyridine rings is 1. The SMILES string of the molecule is CCC1(CNc2ccnc(F)c2)CCC1. The summed E-state index contributed by atoms with van der Waals surface area (Å²) < 4.78 is 12.8. The van der Waals surface area contributed by atoms with Crippen LogP contribution in [-0.2, 0) is 0 Å². The fourth-order valence-corrected chi connectivity index (χ4v) is 2.13. The van der Waals surface area contributed by atoms with Crippen molar-refractivity contribution in [3.8, 4) is 0 Å². The average molecular weight is 208 g/mol. The molecule has 1 fully saturated rings. The van der Waals surface area contributed by atoms with Crippen LogP contribution in [0, 0.1) is 11.4 Å². The highest BCUT2D eigenvalue weighted by atomic mass is 19.1. The third-order valence-corrected chi connectivity index (χ3v) is 3.56. The first kappa shape index (κ1) is 10.4. The molecule has 0 atom stereocenters. The molecule has 1 N–H and O–H groups in total. The molecule has 0 radical (unpaired) electrons. The summed E-state index contributed by atoms with van der Waals surface area (Å²) in [6.07, 6.45) is 6.62. The summed E-state index contributed by atoms with van der Waals surface area (Å²) in [7, 11) is 0. The van der Waals surface area contributed by atoms with Crippen molar-refractivity contribution in [3.05, 3.63) is 24.3 Å². The van der Waals surface area contributed by atoms with Crippen LogP contribution < -0.4 is 5.32 Å². The van der Waals surface area contributed by atoms with Gasteiger partial charge in [0.05, 0.1) is 0 Å². The highest BCUT2D eigenvalue weighted by molar-refractivity contribution is 5.41. The minimum absolute atomic E-state index is 0.417. The predicted molar refractivity (Wildman–Crippen MR) is 59.3 cm³/mol. The zero-order valence-electron chi connectivity index (χ0n) is 9.09. The van der Waals surface area contributed by atoms with E-state index in [2.05, 4.69) is 17.2 Å². The monoisotopic (exact) mass is 208 g/mol. The van der Waals surface area contributed by atoms with Gasteiger partial charge in [-0.25, -0.2) is 4.98 Å². The lowest BCUT2D eigenvalue weighted by Gasteiger charge is -2.41. The van der Waals surface area contributed by atoms with E-state index in [1.54, 1.807) is 0 Å². The van der Waals surface area contributed by atoms with Crippen molar-refractivity contribution in [2.75, 3.05) is 11.9 Å². The van der Waals surface area contributed by atoms with Crippen LogP contribution in [0.5, 0.6) is 0 Å². The van der Waals surface area contributed by atoms with Gasteiger partial charge in [0.1, 0.15) is 0 Å². The highest BCUT2D eigenvalue weighted by Gasteiger charge is 2.34. The fraction of sp³-hybridized carbons (Fsp3) is 0.583. The molecule has 0 aliphatic heterocycles. The smallest absolute Gasteiger partial charge is 0.214 e. The van der Waals surface area contributed by atoms with Crippen molar-refractivity contribution in [2.45, 2.75) is 32.6 Å². The van der Waals surface area contributed by atoms with E-state index in [1.807, 2.05) is 6.07 Å². The van der Waals surface area contributed by atoms with Gasteiger partial charge in [-0.3, -0.25) is 0 Å². The summed E-state index contributed by atoms with van der Waals surface area (Å²) in [4.78, 5) is 3.53. The number of nitrogens with one attached hydrogen (secondary N) is 1. The molecule has 1 aromatic rings. The first-order chi connectivity index (χ1) is 7.24. The zero-order valence-corrected chi connectivity index (χ0v) is 9.09. The highest BCUT2D eigenvalue weighted by Crippen LogP contribution is 2.43. The predicted octanol–water partition coefficient (Wildman–Crippen LogP) is 3.21. The van der Waals surface area contributed by atoms with E-state index in [-0.39, 0.29) is 0 Å². The first-order valence-electron chi connectivity index (χ1n) is 5.60. The Morgan fingerprint density at radius 3 is 2.87 bits per heavy atom. The van der Waals surface area contributed by atoms with Crippen molar-refractivity contribution < 1.29 is 4.39 Å². The van der Waals surface area contributed by atoms with Crippen LogP contribution in [-0.4, -0.2) is 11.5 Å². The molecule has 1 saturated carbocycles. The van der Waals surface area contributed by atoms with E-state index in [1.165, 1.54) is 37.9 Å². The maximum absolute atomic E-state index is 12.8. The third kappa shape index (κ3) is 2.28. The fourth-order valence-electron chi connectivity index (χ4n) is 2.13. The summed E-state index contributed by atoms with van der Waals surface area (Å²) in [6, 6.07) is 3.26. The second-order valence-electron chi connectivity index (χ2n) is 4.43. The van der Waals surface area contributed by atoms with Gasteiger partial charge in [-0.05, 0) is 30.7 Å². The third-order valence-electron chi connectivity index (χ3n) is 3.56. The lowest BCUT2D eigenvalue weighted by Crippen LogP contribution is -2.35. The van der Waals surface area contributed by atoms with Gasteiger partial charge in [-0.15, -0.1) is 0 Å². The molecule has 2 rings (SSSR count). The number of aromatic nitrogens is 1. The number of rotatable bonds is 4. The molecule has 0 spiro atoms. The molecule has 15 heavy (non-hydrogen) atoms. The molecule has 3 heteroatoms. The van der Waals surface area contributed by atoms with Crippen molar-refractivity contribution >= 4 is 5.69 Å². The molecular formula is C12H17FN2. The van der Waals surface area contributed by atoms with Gasteiger partial charge in [-0.1, -0.05) is 13.3 Å².